The van der Waals surface area contributed by atoms with E-state index in [-0.39, 0.29) is 5.91 Å². The Labute approximate surface area is 162 Å². The normalized spacial score (nSPS) is 10.5. The van der Waals surface area contributed by atoms with Crippen LogP contribution in [0.15, 0.2) is 55.0 Å². The van der Waals surface area contributed by atoms with Crippen LogP contribution in [0.5, 0.6) is 11.5 Å². The molecule has 3 aromatic rings. The number of amides is 1. The maximum absolute atomic E-state index is 12.4. The number of carbonyl (C=O) groups is 1. The molecule has 0 saturated carbocycles. The molecule has 1 aromatic heterocycles. The molecule has 3 rings (SSSR count). The van der Waals surface area contributed by atoms with Crippen LogP contribution in [0.25, 0.3) is 5.69 Å². The zero-order valence-corrected chi connectivity index (χ0v) is 15.9. The van der Waals surface area contributed by atoms with Crippen molar-refractivity contribution < 1.29 is 14.3 Å². The van der Waals surface area contributed by atoms with Crippen LogP contribution < -0.4 is 14.8 Å². The Morgan fingerprint density at radius 1 is 1.22 bits per heavy atom. The number of ether oxygens (including phenoxy) is 2. The summed E-state index contributed by atoms with van der Waals surface area (Å²) in [5.74, 6) is 0.979. The van der Waals surface area contributed by atoms with E-state index in [1.165, 1.54) is 0 Å². The quantitative estimate of drug-likeness (QED) is 0.630. The van der Waals surface area contributed by atoms with Crippen LogP contribution in [0.4, 0.5) is 0 Å². The van der Waals surface area contributed by atoms with Crippen LogP contribution in [0.3, 0.4) is 0 Å². The topological polar surface area (TPSA) is 65.4 Å². The van der Waals surface area contributed by atoms with Crippen molar-refractivity contribution in [1.29, 1.82) is 0 Å². The Morgan fingerprint density at radius 2 is 2.04 bits per heavy atom. The Bertz CT molecular complexity index is 940. The highest BCUT2D eigenvalue weighted by atomic mass is 35.5. The lowest BCUT2D eigenvalue weighted by atomic mass is 10.1. The number of aryl methyl sites for hydroxylation is 1. The van der Waals surface area contributed by atoms with E-state index in [1.54, 1.807) is 37.7 Å². The third kappa shape index (κ3) is 4.60. The number of para-hydroxylation sites is 1. The lowest BCUT2D eigenvalue weighted by molar-refractivity contribution is 0.0946. The molecule has 0 aliphatic carbocycles. The SMILES string of the molecule is COc1cc(C(=O)NCCOc2ccccc2Cl)ccc1-n1cnc(C)c1. The van der Waals surface area contributed by atoms with Gasteiger partial charge < -0.3 is 19.4 Å². The Morgan fingerprint density at radius 3 is 2.74 bits per heavy atom. The molecule has 0 spiro atoms. The summed E-state index contributed by atoms with van der Waals surface area (Å²) >= 11 is 6.03. The highest BCUT2D eigenvalue weighted by Crippen LogP contribution is 2.25. The van der Waals surface area contributed by atoms with E-state index in [1.807, 2.05) is 35.9 Å². The van der Waals surface area contributed by atoms with Crippen molar-refractivity contribution in [2.75, 3.05) is 20.3 Å². The minimum Gasteiger partial charge on any atom is -0.495 e. The Balaban J connectivity index is 1.60. The summed E-state index contributed by atoms with van der Waals surface area (Å²) in [7, 11) is 1.57. The maximum Gasteiger partial charge on any atom is 0.251 e. The second-order valence-corrected chi connectivity index (χ2v) is 6.25. The highest BCUT2D eigenvalue weighted by molar-refractivity contribution is 6.32. The van der Waals surface area contributed by atoms with Gasteiger partial charge in [-0.05, 0) is 37.3 Å². The molecule has 0 atom stereocenters. The van der Waals surface area contributed by atoms with Crippen LogP contribution in [-0.4, -0.2) is 35.7 Å². The maximum atomic E-state index is 12.4. The van der Waals surface area contributed by atoms with Crippen molar-refractivity contribution in [3.8, 4) is 17.2 Å². The largest absolute Gasteiger partial charge is 0.495 e. The van der Waals surface area contributed by atoms with E-state index in [0.717, 1.165) is 11.4 Å². The van der Waals surface area contributed by atoms with Gasteiger partial charge >= 0.3 is 0 Å². The summed E-state index contributed by atoms with van der Waals surface area (Å²) in [6.07, 6.45) is 3.60. The smallest absolute Gasteiger partial charge is 0.251 e. The van der Waals surface area contributed by atoms with Crippen molar-refractivity contribution in [3.05, 3.63) is 71.3 Å². The molecule has 6 nitrogen and oxygen atoms in total. The van der Waals surface area contributed by atoms with Crippen LogP contribution in [0.1, 0.15) is 16.1 Å². The first-order valence-electron chi connectivity index (χ1n) is 8.43. The summed E-state index contributed by atoms with van der Waals surface area (Å²) in [6, 6.07) is 12.5. The third-order valence-electron chi connectivity index (χ3n) is 3.91. The minimum absolute atomic E-state index is 0.204. The van der Waals surface area contributed by atoms with Gasteiger partial charge in [0.05, 0.1) is 36.4 Å². The van der Waals surface area contributed by atoms with Crippen molar-refractivity contribution >= 4 is 17.5 Å². The summed E-state index contributed by atoms with van der Waals surface area (Å²) in [5.41, 5.74) is 2.22. The van der Waals surface area contributed by atoms with Gasteiger partial charge in [0.1, 0.15) is 18.1 Å². The predicted molar refractivity (Wildman–Crippen MR) is 104 cm³/mol. The first-order chi connectivity index (χ1) is 13.1. The molecule has 0 fully saturated rings. The zero-order chi connectivity index (χ0) is 19.2. The summed E-state index contributed by atoms with van der Waals surface area (Å²) in [6.45, 7) is 2.59. The average molecular weight is 386 g/mol. The molecular weight excluding hydrogens is 366 g/mol. The molecule has 27 heavy (non-hydrogen) atoms. The first kappa shape index (κ1) is 18.8. The fraction of sp³-hybridized carbons (Fsp3) is 0.200. The predicted octanol–water partition coefficient (Wildman–Crippen LogP) is 3.65. The monoisotopic (exact) mass is 385 g/mol. The van der Waals surface area contributed by atoms with E-state index in [0.29, 0.717) is 35.2 Å². The third-order valence-corrected chi connectivity index (χ3v) is 4.23. The van der Waals surface area contributed by atoms with Gasteiger partial charge in [-0.15, -0.1) is 0 Å². The van der Waals surface area contributed by atoms with Crippen molar-refractivity contribution in [3.63, 3.8) is 0 Å². The standard InChI is InChI=1S/C20H20ClN3O3/c1-14-12-24(13-23-14)17-8-7-15(11-19(17)26-2)20(25)22-9-10-27-18-6-4-3-5-16(18)21/h3-8,11-13H,9-10H2,1-2H3,(H,22,25). The number of methoxy groups -OCH3 is 1. The number of hydrogen-bond acceptors (Lipinski definition) is 4. The van der Waals surface area contributed by atoms with Gasteiger partial charge in [-0.3, -0.25) is 4.79 Å². The minimum atomic E-state index is -0.204. The van der Waals surface area contributed by atoms with Crippen LogP contribution in [0.2, 0.25) is 5.02 Å². The second kappa shape index (κ2) is 8.60. The van der Waals surface area contributed by atoms with Gasteiger partial charge in [-0.2, -0.15) is 0 Å². The Hall–Kier alpha value is -2.99. The lowest BCUT2D eigenvalue weighted by Crippen LogP contribution is -2.28. The molecule has 2 aromatic carbocycles. The fourth-order valence-corrected chi connectivity index (χ4v) is 2.76. The van der Waals surface area contributed by atoms with Gasteiger partial charge in [-0.25, -0.2) is 4.98 Å². The van der Waals surface area contributed by atoms with Gasteiger partial charge in [0, 0.05) is 11.8 Å². The molecule has 1 N–H and O–H groups in total. The molecule has 0 radical (unpaired) electrons. The second-order valence-electron chi connectivity index (χ2n) is 5.84. The lowest BCUT2D eigenvalue weighted by Gasteiger charge is -2.12. The van der Waals surface area contributed by atoms with Crippen molar-refractivity contribution in [2.45, 2.75) is 6.92 Å². The number of hydrogen-bond donors (Lipinski definition) is 1. The van der Waals surface area contributed by atoms with Gasteiger partial charge in [-0.1, -0.05) is 23.7 Å². The summed E-state index contributed by atoms with van der Waals surface area (Å²) < 4.78 is 12.8. The van der Waals surface area contributed by atoms with Gasteiger partial charge in [0.25, 0.3) is 5.91 Å². The zero-order valence-electron chi connectivity index (χ0n) is 15.1. The number of aromatic nitrogens is 2. The van der Waals surface area contributed by atoms with E-state index >= 15 is 0 Å². The van der Waals surface area contributed by atoms with Gasteiger partial charge in [0.15, 0.2) is 0 Å². The first-order valence-corrected chi connectivity index (χ1v) is 8.81. The van der Waals surface area contributed by atoms with Crippen LogP contribution >= 0.6 is 11.6 Å². The molecule has 0 aliphatic heterocycles. The number of carbonyl (C=O) groups excluding carboxylic acids is 1. The number of nitrogens with zero attached hydrogens (tertiary/aromatic N) is 2. The number of halogens is 1. The number of benzene rings is 2. The number of rotatable bonds is 7. The summed E-state index contributed by atoms with van der Waals surface area (Å²) in [4.78, 5) is 16.6. The highest BCUT2D eigenvalue weighted by Gasteiger charge is 2.12. The van der Waals surface area contributed by atoms with E-state index in [4.69, 9.17) is 21.1 Å². The van der Waals surface area contributed by atoms with Crippen LogP contribution in [-0.2, 0) is 0 Å². The van der Waals surface area contributed by atoms with Gasteiger partial charge in [0.2, 0.25) is 0 Å². The van der Waals surface area contributed by atoms with E-state index in [2.05, 4.69) is 10.3 Å². The molecule has 140 valence electrons. The van der Waals surface area contributed by atoms with E-state index < -0.39 is 0 Å². The van der Waals surface area contributed by atoms with Crippen molar-refractivity contribution in [1.82, 2.24) is 14.9 Å². The molecule has 1 heterocycles. The number of nitrogens with one attached hydrogen (secondary N) is 1. The molecule has 0 bridgehead atoms. The molecule has 0 saturated heterocycles. The summed E-state index contributed by atoms with van der Waals surface area (Å²) in [5, 5.41) is 3.36. The fourth-order valence-electron chi connectivity index (χ4n) is 2.57. The molecule has 1 amide bonds. The molecular formula is C20H20ClN3O3. The Kier molecular flexibility index (Phi) is 5.98. The number of imidazole rings is 1. The van der Waals surface area contributed by atoms with Crippen molar-refractivity contribution in [2.24, 2.45) is 0 Å². The molecule has 7 heteroatoms. The van der Waals surface area contributed by atoms with E-state index in [9.17, 15) is 4.79 Å². The van der Waals surface area contributed by atoms with Crippen LogP contribution in [0, 0.1) is 6.92 Å². The average Bonchev–Trinajstić information content (AvgIpc) is 3.12. The molecule has 0 unspecified atom stereocenters. The molecule has 0 aliphatic rings.